The molecular formula is C17H28N4O. The van der Waals surface area contributed by atoms with Gasteiger partial charge < -0.3 is 9.80 Å². The summed E-state index contributed by atoms with van der Waals surface area (Å²) >= 11 is 0. The Labute approximate surface area is 133 Å². The smallest absolute Gasteiger partial charge is 0.272 e. The molecule has 0 aliphatic carbocycles. The Kier molecular flexibility index (Phi) is 6.16. The van der Waals surface area contributed by atoms with Gasteiger partial charge in [-0.25, -0.2) is 9.97 Å². The van der Waals surface area contributed by atoms with Crippen molar-refractivity contribution >= 4 is 11.7 Å². The Balaban J connectivity index is 2.11. The Bertz CT molecular complexity index is 481. The molecule has 0 saturated carbocycles. The van der Waals surface area contributed by atoms with E-state index in [0.717, 1.165) is 44.8 Å². The second kappa shape index (κ2) is 8.11. The maximum atomic E-state index is 12.7. The summed E-state index contributed by atoms with van der Waals surface area (Å²) in [5.41, 5.74) is 0.518. The maximum absolute atomic E-state index is 12.7. The normalized spacial score (nSPS) is 14.6. The molecule has 5 heteroatoms. The zero-order valence-electron chi connectivity index (χ0n) is 14.1. The van der Waals surface area contributed by atoms with E-state index in [0.29, 0.717) is 11.6 Å². The number of carbonyl (C=O) groups excluding carboxylic acids is 1. The van der Waals surface area contributed by atoms with Crippen LogP contribution in [0, 0.1) is 5.92 Å². The van der Waals surface area contributed by atoms with E-state index in [1.807, 2.05) is 17.9 Å². The highest BCUT2D eigenvalue weighted by molar-refractivity contribution is 5.92. The molecule has 1 amide bonds. The number of anilines is 1. The molecule has 0 unspecified atom stereocenters. The van der Waals surface area contributed by atoms with E-state index < -0.39 is 0 Å². The summed E-state index contributed by atoms with van der Waals surface area (Å²) in [5.74, 6) is 1.47. The van der Waals surface area contributed by atoms with Crippen molar-refractivity contribution in [3.05, 3.63) is 18.1 Å². The third kappa shape index (κ3) is 3.96. The van der Waals surface area contributed by atoms with Crippen molar-refractivity contribution in [2.45, 2.75) is 46.5 Å². The van der Waals surface area contributed by atoms with E-state index in [2.05, 4.69) is 28.7 Å². The first kappa shape index (κ1) is 16.7. The average molecular weight is 304 g/mol. The van der Waals surface area contributed by atoms with Crippen molar-refractivity contribution in [3.63, 3.8) is 0 Å². The molecular weight excluding hydrogens is 276 g/mol. The van der Waals surface area contributed by atoms with Gasteiger partial charge in [-0.15, -0.1) is 0 Å². The van der Waals surface area contributed by atoms with Gasteiger partial charge >= 0.3 is 0 Å². The second-order valence-corrected chi connectivity index (χ2v) is 5.98. The van der Waals surface area contributed by atoms with Crippen LogP contribution < -0.4 is 4.90 Å². The van der Waals surface area contributed by atoms with E-state index in [1.165, 1.54) is 19.2 Å². The second-order valence-electron chi connectivity index (χ2n) is 5.98. The third-order valence-electron chi connectivity index (χ3n) is 4.60. The average Bonchev–Trinajstić information content (AvgIpc) is 3.10. The summed E-state index contributed by atoms with van der Waals surface area (Å²) in [6, 6.07) is 1.85. The van der Waals surface area contributed by atoms with Gasteiger partial charge in [0.2, 0.25) is 0 Å². The SMILES string of the molecule is CCC(CC)CN(CC)C(=O)c1cc(N2CCCC2)ncn1. The van der Waals surface area contributed by atoms with E-state index in [9.17, 15) is 4.79 Å². The summed E-state index contributed by atoms with van der Waals surface area (Å²) in [7, 11) is 0. The highest BCUT2D eigenvalue weighted by Crippen LogP contribution is 2.19. The number of aromatic nitrogens is 2. The van der Waals surface area contributed by atoms with E-state index >= 15 is 0 Å². The van der Waals surface area contributed by atoms with E-state index in [-0.39, 0.29) is 5.91 Å². The predicted molar refractivity (Wildman–Crippen MR) is 89.1 cm³/mol. The van der Waals surface area contributed by atoms with Gasteiger partial charge in [-0.3, -0.25) is 4.79 Å². The highest BCUT2D eigenvalue weighted by Gasteiger charge is 2.21. The molecule has 1 aromatic rings. The lowest BCUT2D eigenvalue weighted by atomic mass is 10.0. The van der Waals surface area contributed by atoms with Gasteiger partial charge in [-0.2, -0.15) is 0 Å². The fourth-order valence-corrected chi connectivity index (χ4v) is 2.96. The fraction of sp³-hybridized carbons (Fsp3) is 0.706. The molecule has 5 nitrogen and oxygen atoms in total. The molecule has 1 fully saturated rings. The summed E-state index contributed by atoms with van der Waals surface area (Å²) in [6.07, 6.45) is 6.12. The first-order valence-electron chi connectivity index (χ1n) is 8.55. The van der Waals surface area contributed by atoms with Crippen molar-refractivity contribution in [1.82, 2.24) is 14.9 Å². The zero-order chi connectivity index (χ0) is 15.9. The molecule has 22 heavy (non-hydrogen) atoms. The minimum absolute atomic E-state index is 0.0252. The lowest BCUT2D eigenvalue weighted by Gasteiger charge is -2.25. The minimum atomic E-state index is 0.0252. The molecule has 1 aromatic heterocycles. The van der Waals surface area contributed by atoms with E-state index in [1.54, 1.807) is 0 Å². The number of hydrogen-bond donors (Lipinski definition) is 0. The van der Waals surface area contributed by atoms with Crippen LogP contribution in [-0.4, -0.2) is 47.0 Å². The Morgan fingerprint density at radius 3 is 2.50 bits per heavy atom. The molecule has 0 spiro atoms. The molecule has 0 atom stereocenters. The van der Waals surface area contributed by atoms with Crippen molar-refractivity contribution in [1.29, 1.82) is 0 Å². The summed E-state index contributed by atoms with van der Waals surface area (Å²) < 4.78 is 0. The molecule has 0 bridgehead atoms. The van der Waals surface area contributed by atoms with Crippen LogP contribution in [0.15, 0.2) is 12.4 Å². The van der Waals surface area contributed by atoms with E-state index in [4.69, 9.17) is 0 Å². The van der Waals surface area contributed by atoms with Gasteiger partial charge in [0.15, 0.2) is 0 Å². The lowest BCUT2D eigenvalue weighted by molar-refractivity contribution is 0.0729. The molecule has 122 valence electrons. The molecule has 1 aliphatic heterocycles. The van der Waals surface area contributed by atoms with Crippen LogP contribution in [-0.2, 0) is 0 Å². The van der Waals surface area contributed by atoms with Crippen molar-refractivity contribution < 1.29 is 4.79 Å². The van der Waals surface area contributed by atoms with Gasteiger partial charge in [0, 0.05) is 32.2 Å². The predicted octanol–water partition coefficient (Wildman–Crippen LogP) is 2.98. The molecule has 0 aromatic carbocycles. The van der Waals surface area contributed by atoms with Crippen LogP contribution in [0.1, 0.15) is 56.9 Å². The van der Waals surface area contributed by atoms with Gasteiger partial charge in [-0.1, -0.05) is 26.7 Å². The molecule has 1 aliphatic rings. The number of nitrogens with zero attached hydrogens (tertiary/aromatic N) is 4. The summed E-state index contributed by atoms with van der Waals surface area (Å²) in [5, 5.41) is 0. The number of amides is 1. The maximum Gasteiger partial charge on any atom is 0.272 e. The Hall–Kier alpha value is -1.65. The van der Waals surface area contributed by atoms with Crippen LogP contribution in [0.3, 0.4) is 0 Å². The van der Waals surface area contributed by atoms with Crippen molar-refractivity contribution in [3.8, 4) is 0 Å². The Morgan fingerprint density at radius 1 is 1.23 bits per heavy atom. The van der Waals surface area contributed by atoms with Gasteiger partial charge in [-0.05, 0) is 25.7 Å². The summed E-state index contributed by atoms with van der Waals surface area (Å²) in [4.78, 5) is 25.4. The molecule has 2 heterocycles. The van der Waals surface area contributed by atoms with Crippen LogP contribution in [0.2, 0.25) is 0 Å². The molecule has 1 saturated heterocycles. The molecule has 2 rings (SSSR count). The fourth-order valence-electron chi connectivity index (χ4n) is 2.96. The van der Waals surface area contributed by atoms with Crippen LogP contribution >= 0.6 is 0 Å². The van der Waals surface area contributed by atoms with Crippen LogP contribution in [0.25, 0.3) is 0 Å². The zero-order valence-corrected chi connectivity index (χ0v) is 14.1. The van der Waals surface area contributed by atoms with Gasteiger partial charge in [0.25, 0.3) is 5.91 Å². The number of carbonyl (C=O) groups is 1. The minimum Gasteiger partial charge on any atom is -0.357 e. The van der Waals surface area contributed by atoms with Crippen LogP contribution in [0.4, 0.5) is 5.82 Å². The van der Waals surface area contributed by atoms with Crippen LogP contribution in [0.5, 0.6) is 0 Å². The summed E-state index contributed by atoms with van der Waals surface area (Å²) in [6.45, 7) is 9.98. The van der Waals surface area contributed by atoms with Gasteiger partial charge in [0.1, 0.15) is 17.8 Å². The lowest BCUT2D eigenvalue weighted by Crippen LogP contribution is -2.35. The van der Waals surface area contributed by atoms with Gasteiger partial charge in [0.05, 0.1) is 0 Å². The number of rotatable bonds is 7. The number of hydrogen-bond acceptors (Lipinski definition) is 4. The largest absolute Gasteiger partial charge is 0.357 e. The quantitative estimate of drug-likeness (QED) is 0.777. The Morgan fingerprint density at radius 2 is 1.91 bits per heavy atom. The molecule has 0 radical (unpaired) electrons. The monoisotopic (exact) mass is 304 g/mol. The molecule has 0 N–H and O–H groups in total. The standard InChI is InChI=1S/C17H28N4O/c1-4-14(5-2)12-20(6-3)17(22)15-11-16(19-13-18-15)21-9-7-8-10-21/h11,13-14H,4-10,12H2,1-3H3. The first-order valence-corrected chi connectivity index (χ1v) is 8.55. The topological polar surface area (TPSA) is 49.3 Å². The van der Waals surface area contributed by atoms with Crippen molar-refractivity contribution in [2.24, 2.45) is 5.92 Å². The first-order chi connectivity index (χ1) is 10.7. The highest BCUT2D eigenvalue weighted by atomic mass is 16.2. The van der Waals surface area contributed by atoms with Crippen molar-refractivity contribution in [2.75, 3.05) is 31.1 Å². The third-order valence-corrected chi connectivity index (χ3v) is 4.60.